The van der Waals surface area contributed by atoms with Crippen LogP contribution >= 0.6 is 0 Å². The molecule has 0 spiro atoms. The standard InChI is InChI=1S/C15H20F3NO2/c1-2-19-13(9-20-10-15(16,17)18)11-5-6-14-12(8-11)4-3-7-21-14/h5-6,8,13,19H,2-4,7,9-10H2,1H3. The Morgan fingerprint density at radius 1 is 1.38 bits per heavy atom. The highest BCUT2D eigenvalue weighted by molar-refractivity contribution is 5.39. The Hall–Kier alpha value is -1.27. The van der Waals surface area contributed by atoms with E-state index in [4.69, 9.17) is 9.47 Å². The Morgan fingerprint density at radius 2 is 2.19 bits per heavy atom. The van der Waals surface area contributed by atoms with Crippen LogP contribution in [0.4, 0.5) is 13.2 Å². The van der Waals surface area contributed by atoms with E-state index in [0.717, 1.165) is 36.3 Å². The van der Waals surface area contributed by atoms with E-state index < -0.39 is 12.8 Å². The van der Waals surface area contributed by atoms with Crippen molar-refractivity contribution in [3.05, 3.63) is 29.3 Å². The molecule has 118 valence electrons. The molecule has 3 nitrogen and oxygen atoms in total. The molecule has 1 aliphatic heterocycles. The number of rotatable bonds is 6. The summed E-state index contributed by atoms with van der Waals surface area (Å²) in [5.74, 6) is 0.872. The topological polar surface area (TPSA) is 30.5 Å². The van der Waals surface area contributed by atoms with E-state index >= 15 is 0 Å². The smallest absolute Gasteiger partial charge is 0.411 e. The first-order valence-corrected chi connectivity index (χ1v) is 7.13. The van der Waals surface area contributed by atoms with Gasteiger partial charge in [0, 0.05) is 0 Å². The zero-order valence-corrected chi connectivity index (χ0v) is 12.0. The first kappa shape index (κ1) is 16.1. The third-order valence-electron chi connectivity index (χ3n) is 3.34. The van der Waals surface area contributed by atoms with Gasteiger partial charge in [0.1, 0.15) is 12.4 Å². The second-order valence-electron chi connectivity index (χ2n) is 5.06. The summed E-state index contributed by atoms with van der Waals surface area (Å²) in [6.45, 7) is 2.07. The largest absolute Gasteiger partial charge is 0.493 e. The maximum Gasteiger partial charge on any atom is 0.411 e. The fourth-order valence-corrected chi connectivity index (χ4v) is 2.41. The normalized spacial score (nSPS) is 16.2. The molecule has 1 unspecified atom stereocenters. The molecule has 1 aromatic carbocycles. The first-order chi connectivity index (χ1) is 9.99. The zero-order chi connectivity index (χ0) is 15.3. The molecule has 1 N–H and O–H groups in total. The number of fused-ring (bicyclic) bond motifs is 1. The van der Waals surface area contributed by atoms with Crippen molar-refractivity contribution in [2.24, 2.45) is 0 Å². The van der Waals surface area contributed by atoms with E-state index in [0.29, 0.717) is 6.54 Å². The van der Waals surface area contributed by atoms with Crippen molar-refractivity contribution in [1.82, 2.24) is 5.32 Å². The van der Waals surface area contributed by atoms with E-state index in [-0.39, 0.29) is 12.6 Å². The highest BCUT2D eigenvalue weighted by Gasteiger charge is 2.28. The van der Waals surface area contributed by atoms with E-state index in [1.807, 2.05) is 25.1 Å². The van der Waals surface area contributed by atoms with Crippen LogP contribution in [0.25, 0.3) is 0 Å². The van der Waals surface area contributed by atoms with Crippen LogP contribution in [-0.2, 0) is 11.2 Å². The summed E-state index contributed by atoms with van der Waals surface area (Å²) >= 11 is 0. The van der Waals surface area contributed by atoms with Crippen LogP contribution in [0.3, 0.4) is 0 Å². The van der Waals surface area contributed by atoms with Crippen molar-refractivity contribution in [3.8, 4) is 5.75 Å². The van der Waals surface area contributed by atoms with Gasteiger partial charge in [-0.3, -0.25) is 0 Å². The van der Waals surface area contributed by atoms with Crippen LogP contribution in [0.1, 0.15) is 30.5 Å². The Morgan fingerprint density at radius 3 is 2.90 bits per heavy atom. The molecule has 2 rings (SSSR count). The van der Waals surface area contributed by atoms with Gasteiger partial charge in [-0.25, -0.2) is 0 Å². The number of aryl methyl sites for hydroxylation is 1. The van der Waals surface area contributed by atoms with E-state index in [9.17, 15) is 13.2 Å². The van der Waals surface area contributed by atoms with Crippen molar-refractivity contribution in [2.45, 2.75) is 32.0 Å². The Kier molecular flexibility index (Phi) is 5.47. The minimum absolute atomic E-state index is 0.00695. The predicted molar refractivity (Wildman–Crippen MR) is 73.5 cm³/mol. The number of likely N-dealkylation sites (N-methyl/N-ethyl adjacent to an activating group) is 1. The van der Waals surface area contributed by atoms with Crippen LogP contribution in [0, 0.1) is 0 Å². The van der Waals surface area contributed by atoms with E-state index in [1.165, 1.54) is 0 Å². The molecule has 0 radical (unpaired) electrons. The van der Waals surface area contributed by atoms with Crippen LogP contribution in [0.15, 0.2) is 18.2 Å². The molecule has 1 heterocycles. The Bertz CT molecular complexity index is 463. The van der Waals surface area contributed by atoms with Crippen LogP contribution < -0.4 is 10.1 Å². The lowest BCUT2D eigenvalue weighted by molar-refractivity contribution is -0.175. The van der Waals surface area contributed by atoms with E-state index in [2.05, 4.69) is 5.32 Å². The number of alkyl halides is 3. The number of nitrogens with one attached hydrogen (secondary N) is 1. The van der Waals surface area contributed by atoms with Crippen LogP contribution in [-0.4, -0.2) is 32.5 Å². The maximum absolute atomic E-state index is 12.2. The average molecular weight is 303 g/mol. The summed E-state index contributed by atoms with van der Waals surface area (Å²) < 4.78 is 46.8. The van der Waals surface area contributed by atoms with Gasteiger partial charge in [-0.05, 0) is 36.6 Å². The van der Waals surface area contributed by atoms with Gasteiger partial charge >= 0.3 is 6.18 Å². The molecule has 21 heavy (non-hydrogen) atoms. The minimum atomic E-state index is -4.29. The molecule has 0 fully saturated rings. The average Bonchev–Trinajstić information content (AvgIpc) is 2.44. The molecule has 0 bridgehead atoms. The Balaban J connectivity index is 2.03. The minimum Gasteiger partial charge on any atom is -0.493 e. The summed E-state index contributed by atoms with van der Waals surface area (Å²) in [5, 5.41) is 3.16. The monoisotopic (exact) mass is 303 g/mol. The number of hydrogen-bond donors (Lipinski definition) is 1. The highest BCUT2D eigenvalue weighted by Crippen LogP contribution is 2.28. The van der Waals surface area contributed by atoms with Gasteiger partial charge in [-0.2, -0.15) is 13.2 Å². The molecule has 0 saturated heterocycles. The predicted octanol–water partition coefficient (Wildman–Crippen LogP) is 3.24. The fourth-order valence-electron chi connectivity index (χ4n) is 2.41. The summed E-state index contributed by atoms with van der Waals surface area (Å²) in [6.07, 6.45) is -2.39. The molecule has 1 atom stereocenters. The molecule has 0 amide bonds. The van der Waals surface area contributed by atoms with Gasteiger partial charge in [0.15, 0.2) is 0 Å². The first-order valence-electron chi connectivity index (χ1n) is 7.13. The molecule has 1 aromatic rings. The summed E-state index contributed by atoms with van der Waals surface area (Å²) in [6, 6.07) is 5.52. The van der Waals surface area contributed by atoms with Crippen molar-refractivity contribution in [2.75, 3.05) is 26.4 Å². The quantitative estimate of drug-likeness (QED) is 0.875. The van der Waals surface area contributed by atoms with Gasteiger partial charge < -0.3 is 14.8 Å². The van der Waals surface area contributed by atoms with Gasteiger partial charge in [-0.1, -0.05) is 19.1 Å². The van der Waals surface area contributed by atoms with Crippen molar-refractivity contribution in [1.29, 1.82) is 0 Å². The van der Waals surface area contributed by atoms with Gasteiger partial charge in [-0.15, -0.1) is 0 Å². The molecule has 1 aliphatic rings. The lowest BCUT2D eigenvalue weighted by atomic mass is 9.99. The summed E-state index contributed by atoms with van der Waals surface area (Å²) in [4.78, 5) is 0. The highest BCUT2D eigenvalue weighted by atomic mass is 19.4. The third-order valence-corrected chi connectivity index (χ3v) is 3.34. The SMILES string of the molecule is CCNC(COCC(F)(F)F)c1ccc2c(c1)CCCO2. The van der Waals surface area contributed by atoms with Crippen molar-refractivity contribution >= 4 is 0 Å². The van der Waals surface area contributed by atoms with Gasteiger partial charge in [0.25, 0.3) is 0 Å². The number of halogens is 3. The van der Waals surface area contributed by atoms with Crippen LogP contribution in [0.2, 0.25) is 0 Å². The zero-order valence-electron chi connectivity index (χ0n) is 12.0. The second kappa shape index (κ2) is 7.13. The molecule has 0 aliphatic carbocycles. The fraction of sp³-hybridized carbons (Fsp3) is 0.600. The van der Waals surface area contributed by atoms with Gasteiger partial charge in [0.2, 0.25) is 0 Å². The Labute approximate surface area is 122 Å². The maximum atomic E-state index is 12.2. The molecule has 0 saturated carbocycles. The lowest BCUT2D eigenvalue weighted by Gasteiger charge is -2.22. The number of hydrogen-bond acceptors (Lipinski definition) is 3. The van der Waals surface area contributed by atoms with Gasteiger partial charge in [0.05, 0.1) is 19.3 Å². The molecule has 0 aromatic heterocycles. The molecule has 6 heteroatoms. The molecular weight excluding hydrogens is 283 g/mol. The second-order valence-corrected chi connectivity index (χ2v) is 5.06. The summed E-state index contributed by atoms with van der Waals surface area (Å²) in [5.41, 5.74) is 2.04. The van der Waals surface area contributed by atoms with Crippen LogP contribution in [0.5, 0.6) is 5.75 Å². The summed E-state index contributed by atoms with van der Waals surface area (Å²) in [7, 11) is 0. The van der Waals surface area contributed by atoms with Crippen molar-refractivity contribution in [3.63, 3.8) is 0 Å². The van der Waals surface area contributed by atoms with E-state index in [1.54, 1.807) is 0 Å². The number of benzene rings is 1. The van der Waals surface area contributed by atoms with Crippen molar-refractivity contribution < 1.29 is 22.6 Å². The third kappa shape index (κ3) is 4.89. The number of ether oxygens (including phenoxy) is 2. The molecular formula is C15H20F3NO2. The lowest BCUT2D eigenvalue weighted by Crippen LogP contribution is -2.28.